The summed E-state index contributed by atoms with van der Waals surface area (Å²) in [7, 11) is 0. The molecule has 0 amide bonds. The van der Waals surface area contributed by atoms with Crippen LogP contribution in [0.1, 0.15) is 46.4 Å². The summed E-state index contributed by atoms with van der Waals surface area (Å²) in [6, 6.07) is 32.6. The molecule has 12 heteroatoms. The van der Waals surface area contributed by atoms with Crippen molar-refractivity contribution in [3.63, 3.8) is 0 Å². The maximum atomic E-state index is 12.1. The molecule has 1 saturated carbocycles. The quantitative estimate of drug-likeness (QED) is 0.0833. The lowest BCUT2D eigenvalue weighted by molar-refractivity contribution is -0.452. The summed E-state index contributed by atoms with van der Waals surface area (Å²) in [4.78, 5) is 65.8. The summed E-state index contributed by atoms with van der Waals surface area (Å²) >= 11 is 0. The van der Waals surface area contributed by atoms with Gasteiger partial charge < -0.3 is 9.47 Å². The van der Waals surface area contributed by atoms with Crippen LogP contribution >= 0.6 is 0 Å². The maximum absolute atomic E-state index is 12.1. The molecular weight excluding hydrogens is 624 g/mol. The van der Waals surface area contributed by atoms with Crippen LogP contribution in [-0.2, 0) is 39.1 Å². The van der Waals surface area contributed by atoms with E-state index in [1.165, 1.54) is 0 Å². The standard InChI is InChI=1S/C36H32O12/c37-33(31-19-15-29(16-20-31)27-7-3-1-4-8-27)43-47-45-35(39)41-23-25-11-13-26(14-12-25)24-42-36(40)46-48-44-34(38)32-21-17-30(18-22-32)28-9-5-2-6-10-28/h1-10,15-22,25-26H,11-14,23-24H2. The fourth-order valence-electron chi connectivity index (χ4n) is 5.09. The molecule has 0 N–H and O–H groups in total. The van der Waals surface area contributed by atoms with E-state index in [9.17, 15) is 19.2 Å². The summed E-state index contributed by atoms with van der Waals surface area (Å²) in [5, 5.41) is 8.60. The van der Waals surface area contributed by atoms with Gasteiger partial charge in [0.25, 0.3) is 0 Å². The molecule has 0 aromatic heterocycles. The highest BCUT2D eigenvalue weighted by Crippen LogP contribution is 2.29. The molecular formula is C36H32O12. The van der Waals surface area contributed by atoms with Gasteiger partial charge in [-0.3, -0.25) is 9.78 Å². The molecule has 0 bridgehead atoms. The third-order valence-corrected chi connectivity index (χ3v) is 7.72. The van der Waals surface area contributed by atoms with E-state index >= 15 is 0 Å². The Hall–Kier alpha value is -5.72. The first-order valence-corrected chi connectivity index (χ1v) is 15.2. The number of hydrogen-bond acceptors (Lipinski definition) is 12. The summed E-state index contributed by atoms with van der Waals surface area (Å²) < 4.78 is 10.1. The number of carbonyl (C=O) groups excluding carboxylic acids is 4. The predicted octanol–water partition coefficient (Wildman–Crippen LogP) is 7.84. The van der Waals surface area contributed by atoms with Crippen LogP contribution in [0.25, 0.3) is 22.3 Å². The van der Waals surface area contributed by atoms with E-state index in [1.807, 2.05) is 60.7 Å². The fraction of sp³-hybridized carbons (Fsp3) is 0.222. The van der Waals surface area contributed by atoms with Crippen LogP contribution in [0.3, 0.4) is 0 Å². The highest BCUT2D eigenvalue weighted by molar-refractivity contribution is 5.90. The lowest BCUT2D eigenvalue weighted by Gasteiger charge is -2.27. The molecule has 0 saturated heterocycles. The van der Waals surface area contributed by atoms with E-state index in [-0.39, 0.29) is 36.2 Å². The van der Waals surface area contributed by atoms with Gasteiger partial charge in [-0.1, -0.05) is 84.9 Å². The van der Waals surface area contributed by atoms with Gasteiger partial charge in [0.15, 0.2) is 0 Å². The van der Waals surface area contributed by atoms with Crippen LogP contribution in [-0.4, -0.2) is 37.5 Å². The topological polar surface area (TPSA) is 142 Å². The first-order chi connectivity index (χ1) is 23.4. The molecule has 48 heavy (non-hydrogen) atoms. The molecule has 0 aliphatic heterocycles. The average molecular weight is 657 g/mol. The van der Waals surface area contributed by atoms with Crippen molar-refractivity contribution in [2.75, 3.05) is 13.2 Å². The highest BCUT2D eigenvalue weighted by Gasteiger charge is 2.25. The van der Waals surface area contributed by atoms with E-state index in [0.29, 0.717) is 25.7 Å². The second-order valence-electron chi connectivity index (χ2n) is 10.9. The average Bonchev–Trinajstić information content (AvgIpc) is 3.14. The highest BCUT2D eigenvalue weighted by atomic mass is 17.5. The van der Waals surface area contributed by atoms with Crippen molar-refractivity contribution in [3.8, 4) is 22.3 Å². The van der Waals surface area contributed by atoms with Crippen LogP contribution in [0.2, 0.25) is 0 Å². The van der Waals surface area contributed by atoms with Crippen molar-refractivity contribution in [1.82, 2.24) is 0 Å². The van der Waals surface area contributed by atoms with Gasteiger partial charge in [-0.2, -0.15) is 0 Å². The molecule has 4 aromatic carbocycles. The Balaban J connectivity index is 0.893. The van der Waals surface area contributed by atoms with Gasteiger partial charge in [-0.15, -0.1) is 0 Å². The fourth-order valence-corrected chi connectivity index (χ4v) is 5.09. The summed E-state index contributed by atoms with van der Waals surface area (Å²) in [5.74, 6) is -1.58. The molecule has 0 spiro atoms. The van der Waals surface area contributed by atoms with E-state index in [2.05, 4.69) is 29.6 Å². The molecule has 0 radical (unpaired) electrons. The number of ether oxygens (including phenoxy) is 2. The van der Waals surface area contributed by atoms with Crippen molar-refractivity contribution in [1.29, 1.82) is 0 Å². The molecule has 0 heterocycles. The zero-order chi connectivity index (χ0) is 33.6. The first-order valence-electron chi connectivity index (χ1n) is 15.2. The molecule has 1 aliphatic carbocycles. The lowest BCUT2D eigenvalue weighted by atomic mass is 9.83. The molecule has 248 valence electrons. The molecule has 4 aromatic rings. The number of benzene rings is 4. The van der Waals surface area contributed by atoms with Gasteiger partial charge >= 0.3 is 24.2 Å². The number of rotatable bonds is 12. The minimum absolute atomic E-state index is 0.0518. The van der Waals surface area contributed by atoms with Crippen molar-refractivity contribution < 1.29 is 58.3 Å². The molecule has 0 atom stereocenters. The minimum Gasteiger partial charge on any atom is -0.432 e. The zero-order valence-corrected chi connectivity index (χ0v) is 25.7. The molecule has 12 nitrogen and oxygen atoms in total. The number of hydrogen-bond donors (Lipinski definition) is 0. The van der Waals surface area contributed by atoms with Crippen molar-refractivity contribution in [2.45, 2.75) is 25.7 Å². The Morgan fingerprint density at radius 3 is 1.12 bits per heavy atom. The molecule has 5 rings (SSSR count). The van der Waals surface area contributed by atoms with Gasteiger partial charge in [0.2, 0.25) is 0 Å². The van der Waals surface area contributed by atoms with E-state index in [0.717, 1.165) is 22.3 Å². The largest absolute Gasteiger partial charge is 0.543 e. The van der Waals surface area contributed by atoms with Crippen LogP contribution in [0, 0.1) is 11.8 Å². The zero-order valence-electron chi connectivity index (χ0n) is 25.7. The monoisotopic (exact) mass is 656 g/mol. The Morgan fingerprint density at radius 1 is 0.438 bits per heavy atom. The lowest BCUT2D eigenvalue weighted by Crippen LogP contribution is -2.24. The van der Waals surface area contributed by atoms with Crippen LogP contribution in [0.5, 0.6) is 0 Å². The summed E-state index contributed by atoms with van der Waals surface area (Å²) in [5.41, 5.74) is 4.25. The third kappa shape index (κ3) is 10.1. The van der Waals surface area contributed by atoms with Crippen molar-refractivity contribution >= 4 is 24.2 Å². The van der Waals surface area contributed by atoms with Gasteiger partial charge in [-0.25, -0.2) is 29.0 Å². The summed E-state index contributed by atoms with van der Waals surface area (Å²) in [6.45, 7) is 0.141. The Kier molecular flexibility index (Phi) is 12.1. The Bertz CT molecular complexity index is 1510. The second kappa shape index (κ2) is 17.3. The molecule has 1 aliphatic rings. The van der Waals surface area contributed by atoms with Crippen LogP contribution < -0.4 is 0 Å². The first kappa shape index (κ1) is 33.6. The van der Waals surface area contributed by atoms with Crippen molar-refractivity contribution in [2.24, 2.45) is 11.8 Å². The summed E-state index contributed by atoms with van der Waals surface area (Å²) in [6.07, 6.45) is 0.482. The van der Waals surface area contributed by atoms with Gasteiger partial charge in [-0.05, 0) is 84.0 Å². The van der Waals surface area contributed by atoms with Crippen LogP contribution in [0.15, 0.2) is 109 Å². The second-order valence-corrected chi connectivity index (χ2v) is 10.9. The van der Waals surface area contributed by atoms with Gasteiger partial charge in [0.05, 0.1) is 34.4 Å². The predicted molar refractivity (Wildman–Crippen MR) is 167 cm³/mol. The van der Waals surface area contributed by atoms with Crippen LogP contribution in [0.4, 0.5) is 9.59 Å². The SMILES string of the molecule is O=C(OCC1CCC(COC(=O)OOOC(=O)c2ccc(-c3ccccc3)cc2)CC1)OOOC(=O)c1ccc(-c2ccccc2)cc1. The minimum atomic E-state index is -1.15. The van der Waals surface area contributed by atoms with Gasteiger partial charge in [0, 0.05) is 0 Å². The van der Waals surface area contributed by atoms with Crippen molar-refractivity contribution in [3.05, 3.63) is 120 Å². The maximum Gasteiger partial charge on any atom is 0.543 e. The Morgan fingerprint density at radius 2 is 0.771 bits per heavy atom. The third-order valence-electron chi connectivity index (χ3n) is 7.72. The normalized spacial score (nSPS) is 15.4. The van der Waals surface area contributed by atoms with E-state index in [1.54, 1.807) is 48.5 Å². The Labute approximate surface area is 275 Å². The smallest absolute Gasteiger partial charge is 0.432 e. The van der Waals surface area contributed by atoms with Gasteiger partial charge in [0.1, 0.15) is 0 Å². The van der Waals surface area contributed by atoms with E-state index in [4.69, 9.17) is 9.47 Å². The van der Waals surface area contributed by atoms with E-state index < -0.39 is 24.2 Å². The molecule has 0 unspecified atom stereocenters. The number of carbonyl (C=O) groups is 4. The molecule has 1 fully saturated rings.